The van der Waals surface area contributed by atoms with E-state index in [-0.39, 0.29) is 12.1 Å². The van der Waals surface area contributed by atoms with Crippen molar-refractivity contribution < 1.29 is 9.53 Å². The van der Waals surface area contributed by atoms with Gasteiger partial charge in [-0.3, -0.25) is 4.90 Å². The molecule has 1 saturated heterocycles. The summed E-state index contributed by atoms with van der Waals surface area (Å²) in [5.74, 6) is 0. The molecule has 0 bridgehead atoms. The second kappa shape index (κ2) is 4.53. The van der Waals surface area contributed by atoms with Crippen molar-refractivity contribution in [3.05, 3.63) is 29.8 Å². The molecule has 1 aliphatic heterocycles. The Morgan fingerprint density at radius 1 is 1.50 bits per heavy atom. The number of amides is 1. The molecule has 1 fully saturated rings. The van der Waals surface area contributed by atoms with E-state index in [1.807, 2.05) is 31.3 Å². The second-order valence-electron chi connectivity index (χ2n) is 3.87. The highest BCUT2D eigenvalue weighted by Gasteiger charge is 2.23. The van der Waals surface area contributed by atoms with Crippen LogP contribution in [0.15, 0.2) is 24.3 Å². The first-order valence-electron chi connectivity index (χ1n) is 5.44. The van der Waals surface area contributed by atoms with Gasteiger partial charge in [0.15, 0.2) is 0 Å². The molecule has 1 aromatic carbocycles. The number of carbonyl (C=O) groups excluding carboxylic acids is 1. The third-order valence-corrected chi connectivity index (χ3v) is 2.88. The summed E-state index contributed by atoms with van der Waals surface area (Å²) in [5, 5.41) is 3.18. The highest BCUT2D eigenvalue weighted by Crippen LogP contribution is 2.22. The Labute approximate surface area is 95.2 Å². The van der Waals surface area contributed by atoms with Crippen LogP contribution >= 0.6 is 0 Å². The van der Waals surface area contributed by atoms with Crippen LogP contribution in [0.3, 0.4) is 0 Å². The predicted molar refractivity (Wildman–Crippen MR) is 62.6 cm³/mol. The SMILES string of the molecule is CN[C@H](C)c1cccc(N2CCOC2=O)c1. The number of cyclic esters (lactones) is 1. The van der Waals surface area contributed by atoms with E-state index in [4.69, 9.17) is 4.74 Å². The predicted octanol–water partition coefficient (Wildman–Crippen LogP) is 1.92. The third kappa shape index (κ3) is 2.02. The molecule has 0 radical (unpaired) electrons. The molecule has 2 rings (SSSR count). The van der Waals surface area contributed by atoms with Crippen LogP contribution in [-0.2, 0) is 4.74 Å². The summed E-state index contributed by atoms with van der Waals surface area (Å²) >= 11 is 0. The fourth-order valence-electron chi connectivity index (χ4n) is 1.76. The van der Waals surface area contributed by atoms with Gasteiger partial charge in [-0.05, 0) is 31.7 Å². The number of rotatable bonds is 3. The van der Waals surface area contributed by atoms with Crippen LogP contribution in [0.1, 0.15) is 18.5 Å². The van der Waals surface area contributed by atoms with Crippen molar-refractivity contribution in [2.24, 2.45) is 0 Å². The van der Waals surface area contributed by atoms with Gasteiger partial charge < -0.3 is 10.1 Å². The lowest BCUT2D eigenvalue weighted by atomic mass is 10.1. The first-order chi connectivity index (χ1) is 7.72. The molecule has 1 aliphatic rings. The van der Waals surface area contributed by atoms with Crippen LogP contribution in [0, 0.1) is 0 Å². The molecular weight excluding hydrogens is 204 g/mol. The molecule has 0 unspecified atom stereocenters. The number of anilines is 1. The van der Waals surface area contributed by atoms with Gasteiger partial charge >= 0.3 is 6.09 Å². The van der Waals surface area contributed by atoms with Gasteiger partial charge in [0.1, 0.15) is 6.61 Å². The molecule has 4 nitrogen and oxygen atoms in total. The molecule has 86 valence electrons. The van der Waals surface area contributed by atoms with Gasteiger partial charge in [0, 0.05) is 11.7 Å². The van der Waals surface area contributed by atoms with Crippen LogP contribution < -0.4 is 10.2 Å². The molecule has 1 heterocycles. The average molecular weight is 220 g/mol. The molecule has 1 atom stereocenters. The number of carbonyl (C=O) groups is 1. The zero-order chi connectivity index (χ0) is 11.5. The zero-order valence-corrected chi connectivity index (χ0v) is 9.56. The van der Waals surface area contributed by atoms with Gasteiger partial charge in [-0.2, -0.15) is 0 Å². The topological polar surface area (TPSA) is 41.6 Å². The summed E-state index contributed by atoms with van der Waals surface area (Å²) in [6, 6.07) is 8.24. The first-order valence-corrected chi connectivity index (χ1v) is 5.44. The van der Waals surface area contributed by atoms with E-state index in [1.165, 1.54) is 5.56 Å². The number of nitrogens with one attached hydrogen (secondary N) is 1. The first kappa shape index (κ1) is 11.0. The molecule has 1 N–H and O–H groups in total. The molecule has 0 aromatic heterocycles. The monoisotopic (exact) mass is 220 g/mol. The van der Waals surface area contributed by atoms with Crippen LogP contribution in [0.4, 0.5) is 10.5 Å². The normalized spacial score (nSPS) is 17.4. The molecule has 4 heteroatoms. The Hall–Kier alpha value is -1.55. The van der Waals surface area contributed by atoms with E-state index in [1.54, 1.807) is 4.90 Å². The van der Waals surface area contributed by atoms with Crippen LogP contribution in [0.5, 0.6) is 0 Å². The Balaban J connectivity index is 2.25. The van der Waals surface area contributed by atoms with Crippen LogP contribution in [-0.4, -0.2) is 26.3 Å². The molecule has 16 heavy (non-hydrogen) atoms. The van der Waals surface area contributed by atoms with Crippen molar-refractivity contribution in [2.75, 3.05) is 25.1 Å². The minimum absolute atomic E-state index is 0.255. The fourth-order valence-corrected chi connectivity index (χ4v) is 1.76. The van der Waals surface area contributed by atoms with Gasteiger partial charge in [0.2, 0.25) is 0 Å². The summed E-state index contributed by atoms with van der Waals surface area (Å²) in [4.78, 5) is 13.1. The lowest BCUT2D eigenvalue weighted by Gasteiger charge is -2.16. The summed E-state index contributed by atoms with van der Waals surface area (Å²) in [6.07, 6.45) is -0.255. The quantitative estimate of drug-likeness (QED) is 0.846. The lowest BCUT2D eigenvalue weighted by Crippen LogP contribution is -2.23. The van der Waals surface area contributed by atoms with E-state index in [0.29, 0.717) is 13.2 Å². The highest BCUT2D eigenvalue weighted by molar-refractivity contribution is 5.89. The van der Waals surface area contributed by atoms with E-state index in [0.717, 1.165) is 5.69 Å². The van der Waals surface area contributed by atoms with E-state index in [9.17, 15) is 4.79 Å². The lowest BCUT2D eigenvalue weighted by molar-refractivity contribution is 0.181. The maximum atomic E-state index is 11.4. The Kier molecular flexibility index (Phi) is 3.10. The summed E-state index contributed by atoms with van der Waals surface area (Å²) in [6.45, 7) is 3.20. The number of hydrogen-bond acceptors (Lipinski definition) is 3. The average Bonchev–Trinajstić information content (AvgIpc) is 2.74. The van der Waals surface area contributed by atoms with Gasteiger partial charge in [0.25, 0.3) is 0 Å². The Morgan fingerprint density at radius 2 is 2.31 bits per heavy atom. The van der Waals surface area contributed by atoms with Crippen molar-refractivity contribution in [1.29, 1.82) is 0 Å². The van der Waals surface area contributed by atoms with Gasteiger partial charge in [0.05, 0.1) is 6.54 Å². The van der Waals surface area contributed by atoms with E-state index >= 15 is 0 Å². The second-order valence-corrected chi connectivity index (χ2v) is 3.87. The van der Waals surface area contributed by atoms with Gasteiger partial charge in [-0.15, -0.1) is 0 Å². The zero-order valence-electron chi connectivity index (χ0n) is 9.56. The van der Waals surface area contributed by atoms with E-state index < -0.39 is 0 Å². The molecule has 0 spiro atoms. The van der Waals surface area contributed by atoms with E-state index in [2.05, 4.69) is 12.2 Å². The summed E-state index contributed by atoms with van der Waals surface area (Å²) < 4.78 is 4.92. The number of nitrogens with zero attached hydrogens (tertiary/aromatic N) is 1. The Morgan fingerprint density at radius 3 is 2.94 bits per heavy atom. The molecule has 0 saturated carbocycles. The Bertz CT molecular complexity index is 392. The van der Waals surface area contributed by atoms with Crippen molar-refractivity contribution in [3.63, 3.8) is 0 Å². The minimum Gasteiger partial charge on any atom is -0.447 e. The molecule has 0 aliphatic carbocycles. The van der Waals surface area contributed by atoms with Gasteiger partial charge in [-0.25, -0.2) is 4.79 Å². The van der Waals surface area contributed by atoms with Crippen LogP contribution in [0.2, 0.25) is 0 Å². The summed E-state index contributed by atoms with van der Waals surface area (Å²) in [5.41, 5.74) is 2.07. The number of ether oxygens (including phenoxy) is 1. The standard InChI is InChI=1S/C12H16N2O2/c1-9(13-2)10-4-3-5-11(8-10)14-6-7-16-12(14)15/h3-5,8-9,13H,6-7H2,1-2H3/t9-/m1/s1. The van der Waals surface area contributed by atoms with Crippen molar-refractivity contribution in [2.45, 2.75) is 13.0 Å². The maximum absolute atomic E-state index is 11.4. The van der Waals surface area contributed by atoms with Crippen molar-refractivity contribution in [3.8, 4) is 0 Å². The molecular formula is C12H16N2O2. The number of hydrogen-bond donors (Lipinski definition) is 1. The largest absolute Gasteiger partial charge is 0.447 e. The molecule has 1 amide bonds. The number of benzene rings is 1. The minimum atomic E-state index is -0.255. The smallest absolute Gasteiger partial charge is 0.414 e. The summed E-state index contributed by atoms with van der Waals surface area (Å²) in [7, 11) is 1.92. The third-order valence-electron chi connectivity index (χ3n) is 2.88. The van der Waals surface area contributed by atoms with Crippen molar-refractivity contribution >= 4 is 11.8 Å². The highest BCUT2D eigenvalue weighted by atomic mass is 16.6. The maximum Gasteiger partial charge on any atom is 0.414 e. The van der Waals surface area contributed by atoms with Crippen LogP contribution in [0.25, 0.3) is 0 Å². The van der Waals surface area contributed by atoms with Gasteiger partial charge in [-0.1, -0.05) is 12.1 Å². The molecule has 1 aromatic rings. The van der Waals surface area contributed by atoms with Crippen molar-refractivity contribution in [1.82, 2.24) is 5.32 Å². The fraction of sp³-hybridized carbons (Fsp3) is 0.417.